The Balaban J connectivity index is 1.48. The Morgan fingerprint density at radius 2 is 2.21 bits per heavy atom. The van der Waals surface area contributed by atoms with Crippen LogP contribution in [0.25, 0.3) is 0 Å². The SMILES string of the molecule is COc1cccnc1CN1CC[C@H](N(C)c2cc(F)c(S(=O)(=O)Nc3cscn3)cc2Cl)C1. The number of pyridine rings is 1. The van der Waals surface area contributed by atoms with Gasteiger partial charge in [0.25, 0.3) is 10.0 Å². The molecule has 0 radical (unpaired) electrons. The molecule has 1 aliphatic rings. The summed E-state index contributed by atoms with van der Waals surface area (Å²) in [6.07, 6.45) is 2.58. The zero-order valence-electron chi connectivity index (χ0n) is 18.0. The normalized spacial score (nSPS) is 16.7. The third kappa shape index (κ3) is 5.21. The fourth-order valence-corrected chi connectivity index (χ4v) is 5.86. The number of hydrogen-bond donors (Lipinski definition) is 1. The van der Waals surface area contributed by atoms with Crippen molar-refractivity contribution < 1.29 is 17.5 Å². The highest BCUT2D eigenvalue weighted by Crippen LogP contribution is 2.34. The third-order valence-electron chi connectivity index (χ3n) is 5.58. The van der Waals surface area contributed by atoms with Gasteiger partial charge in [-0.15, -0.1) is 11.3 Å². The minimum atomic E-state index is -4.16. The standard InChI is InChI=1S/C21H23ClFN5O3S2/c1-27(14-5-7-28(10-14)11-17-19(31-2)4-3-6-24-17)18-9-16(23)20(8-15(18)22)33(29,30)26-21-12-32-13-25-21/h3-4,6,8-9,12-14,26H,5,7,10-11H2,1-2H3/t14-/m0/s1. The maximum Gasteiger partial charge on any atom is 0.266 e. The van der Waals surface area contributed by atoms with Crippen LogP contribution in [0.3, 0.4) is 0 Å². The van der Waals surface area contributed by atoms with E-state index in [1.807, 2.05) is 24.1 Å². The van der Waals surface area contributed by atoms with Crippen molar-refractivity contribution in [2.75, 3.05) is 36.9 Å². The van der Waals surface area contributed by atoms with E-state index in [-0.39, 0.29) is 16.9 Å². The second-order valence-corrected chi connectivity index (χ2v) is 10.4. The van der Waals surface area contributed by atoms with E-state index in [1.54, 1.807) is 13.3 Å². The largest absolute Gasteiger partial charge is 0.495 e. The van der Waals surface area contributed by atoms with Crippen molar-refractivity contribution in [3.8, 4) is 5.75 Å². The van der Waals surface area contributed by atoms with Gasteiger partial charge in [-0.05, 0) is 24.6 Å². The molecule has 3 aromatic rings. The number of methoxy groups -OCH3 is 1. The van der Waals surface area contributed by atoms with E-state index in [0.29, 0.717) is 12.2 Å². The van der Waals surface area contributed by atoms with Crippen LogP contribution in [-0.2, 0) is 16.6 Å². The smallest absolute Gasteiger partial charge is 0.266 e. The van der Waals surface area contributed by atoms with Crippen molar-refractivity contribution in [1.29, 1.82) is 0 Å². The van der Waals surface area contributed by atoms with E-state index in [4.69, 9.17) is 16.3 Å². The van der Waals surface area contributed by atoms with Crippen molar-refractivity contribution in [3.63, 3.8) is 0 Å². The summed E-state index contributed by atoms with van der Waals surface area (Å²) in [5.41, 5.74) is 2.77. The van der Waals surface area contributed by atoms with Crippen LogP contribution in [0.1, 0.15) is 12.1 Å². The molecule has 1 N–H and O–H groups in total. The van der Waals surface area contributed by atoms with Crippen molar-refractivity contribution in [2.45, 2.75) is 23.9 Å². The lowest BCUT2D eigenvalue weighted by Crippen LogP contribution is -2.35. The van der Waals surface area contributed by atoms with Crippen molar-refractivity contribution in [1.82, 2.24) is 14.9 Å². The summed E-state index contributed by atoms with van der Waals surface area (Å²) in [6, 6.07) is 6.09. The molecule has 1 saturated heterocycles. The Bertz CT molecular complexity index is 1230. The molecule has 0 amide bonds. The number of hydrogen-bond acceptors (Lipinski definition) is 8. The summed E-state index contributed by atoms with van der Waals surface area (Å²) < 4.78 is 47.7. The number of benzene rings is 1. The molecule has 2 aromatic heterocycles. The van der Waals surface area contributed by atoms with Gasteiger partial charge in [0.05, 0.1) is 29.0 Å². The molecule has 1 aromatic carbocycles. The number of nitrogens with zero attached hydrogens (tertiary/aromatic N) is 4. The lowest BCUT2D eigenvalue weighted by molar-refractivity contribution is 0.311. The highest BCUT2D eigenvalue weighted by molar-refractivity contribution is 7.92. The van der Waals surface area contributed by atoms with Gasteiger partial charge in [-0.1, -0.05) is 11.6 Å². The van der Waals surface area contributed by atoms with E-state index < -0.39 is 20.7 Å². The Morgan fingerprint density at radius 3 is 2.94 bits per heavy atom. The molecule has 176 valence electrons. The van der Waals surface area contributed by atoms with Gasteiger partial charge in [0, 0.05) is 50.4 Å². The van der Waals surface area contributed by atoms with E-state index in [1.165, 1.54) is 28.3 Å². The zero-order valence-corrected chi connectivity index (χ0v) is 20.4. The van der Waals surface area contributed by atoms with Gasteiger partial charge < -0.3 is 9.64 Å². The van der Waals surface area contributed by atoms with Gasteiger partial charge >= 0.3 is 0 Å². The molecule has 4 rings (SSSR count). The Kier molecular flexibility index (Phi) is 7.03. The van der Waals surface area contributed by atoms with Crippen molar-refractivity contribution in [3.05, 3.63) is 57.9 Å². The highest BCUT2D eigenvalue weighted by Gasteiger charge is 2.29. The Morgan fingerprint density at radius 1 is 1.39 bits per heavy atom. The van der Waals surface area contributed by atoms with Gasteiger partial charge in [-0.25, -0.2) is 17.8 Å². The number of aromatic nitrogens is 2. The number of thiazole rings is 1. The Hall–Kier alpha value is -2.47. The molecule has 1 atom stereocenters. The molecule has 0 aliphatic carbocycles. The van der Waals surface area contributed by atoms with Gasteiger partial charge in [-0.3, -0.25) is 14.6 Å². The van der Waals surface area contributed by atoms with Crippen LogP contribution in [0.2, 0.25) is 5.02 Å². The maximum atomic E-state index is 14.9. The van der Waals surface area contributed by atoms with Crippen molar-refractivity contribution in [2.24, 2.45) is 0 Å². The summed E-state index contributed by atoms with van der Waals surface area (Å²) in [5, 5.41) is 1.67. The molecule has 1 fully saturated rings. The first-order valence-electron chi connectivity index (χ1n) is 10.1. The van der Waals surface area contributed by atoms with Gasteiger partial charge in [0.15, 0.2) is 5.82 Å². The van der Waals surface area contributed by atoms with Gasteiger partial charge in [0.2, 0.25) is 0 Å². The van der Waals surface area contributed by atoms with Crippen LogP contribution in [0.5, 0.6) is 5.75 Å². The molecule has 0 saturated carbocycles. The van der Waals surface area contributed by atoms with Crippen LogP contribution in [-0.4, -0.2) is 56.6 Å². The summed E-state index contributed by atoms with van der Waals surface area (Å²) in [5.74, 6) is -0.00756. The first-order chi connectivity index (χ1) is 15.8. The first kappa shape index (κ1) is 23.7. The predicted octanol–water partition coefficient (Wildman–Crippen LogP) is 3.85. The molecular weight excluding hydrogens is 489 g/mol. The molecule has 1 aliphatic heterocycles. The lowest BCUT2D eigenvalue weighted by Gasteiger charge is -2.28. The molecule has 12 heteroatoms. The van der Waals surface area contributed by atoms with Crippen molar-refractivity contribution >= 4 is 44.5 Å². The molecule has 33 heavy (non-hydrogen) atoms. The number of likely N-dealkylation sites (N-methyl/N-ethyl adjacent to an activating group) is 1. The van der Waals surface area contributed by atoms with Crippen LogP contribution in [0, 0.1) is 5.82 Å². The zero-order chi connectivity index (χ0) is 23.6. The maximum absolute atomic E-state index is 14.9. The molecular formula is C21H23ClFN5O3S2. The quantitative estimate of drug-likeness (QED) is 0.491. The summed E-state index contributed by atoms with van der Waals surface area (Å²) >= 11 is 7.64. The topological polar surface area (TPSA) is 87.7 Å². The average molecular weight is 512 g/mol. The van der Waals surface area contributed by atoms with Crippen LogP contribution in [0.15, 0.2) is 46.2 Å². The Labute approximate surface area is 201 Å². The minimum Gasteiger partial charge on any atom is -0.495 e. The fourth-order valence-electron chi connectivity index (χ4n) is 3.86. The van der Waals surface area contributed by atoms with E-state index in [0.717, 1.165) is 37.0 Å². The van der Waals surface area contributed by atoms with E-state index >= 15 is 0 Å². The number of halogens is 2. The number of anilines is 2. The summed E-state index contributed by atoms with van der Waals surface area (Å²) in [6.45, 7) is 2.19. The summed E-state index contributed by atoms with van der Waals surface area (Å²) in [7, 11) is -0.709. The van der Waals surface area contributed by atoms with Crippen LogP contribution < -0.4 is 14.4 Å². The average Bonchev–Trinajstić information content (AvgIpc) is 3.47. The minimum absolute atomic E-state index is 0.0761. The first-order valence-corrected chi connectivity index (χ1v) is 12.9. The van der Waals surface area contributed by atoms with E-state index in [9.17, 15) is 12.8 Å². The molecule has 0 bridgehead atoms. The fraction of sp³-hybridized carbons (Fsp3) is 0.333. The second kappa shape index (κ2) is 9.80. The molecule has 3 heterocycles. The van der Waals surface area contributed by atoms with Crippen LogP contribution in [0.4, 0.5) is 15.9 Å². The number of nitrogens with one attached hydrogen (secondary N) is 1. The van der Waals surface area contributed by atoms with Gasteiger partial charge in [-0.2, -0.15) is 0 Å². The van der Waals surface area contributed by atoms with E-state index in [2.05, 4.69) is 19.6 Å². The molecule has 0 unspecified atom stereocenters. The van der Waals surface area contributed by atoms with Gasteiger partial charge in [0.1, 0.15) is 16.5 Å². The highest BCUT2D eigenvalue weighted by atomic mass is 35.5. The monoisotopic (exact) mass is 511 g/mol. The second-order valence-electron chi connectivity index (χ2n) is 7.65. The number of ether oxygens (including phenoxy) is 1. The van der Waals surface area contributed by atoms with Crippen LogP contribution >= 0.6 is 22.9 Å². The third-order valence-corrected chi connectivity index (χ3v) is 7.84. The molecule has 8 nitrogen and oxygen atoms in total. The number of rotatable bonds is 8. The lowest BCUT2D eigenvalue weighted by atomic mass is 10.2. The number of likely N-dealkylation sites (tertiary alicyclic amines) is 1. The summed E-state index contributed by atoms with van der Waals surface area (Å²) in [4.78, 5) is 11.9. The predicted molar refractivity (Wildman–Crippen MR) is 127 cm³/mol. The molecule has 0 spiro atoms. The number of sulfonamides is 1.